The SMILES string of the molecule is Cc1cccc(C)c1NC(=O)CNC(=O)C(C)OC(=O)c1ccc(F)cc1Cl. The Morgan fingerprint density at radius 3 is 2.39 bits per heavy atom. The number of aryl methyl sites for hydroxylation is 2. The van der Waals surface area contributed by atoms with Gasteiger partial charge in [-0.15, -0.1) is 0 Å². The molecule has 148 valence electrons. The molecule has 0 heterocycles. The number of nitrogens with one attached hydrogen (secondary N) is 2. The van der Waals surface area contributed by atoms with E-state index in [4.69, 9.17) is 16.3 Å². The zero-order valence-electron chi connectivity index (χ0n) is 15.6. The van der Waals surface area contributed by atoms with E-state index in [1.54, 1.807) is 0 Å². The van der Waals surface area contributed by atoms with Crippen LogP contribution in [0.1, 0.15) is 28.4 Å². The minimum absolute atomic E-state index is 0.0597. The Morgan fingerprint density at radius 1 is 1.14 bits per heavy atom. The van der Waals surface area contributed by atoms with Gasteiger partial charge in [0, 0.05) is 5.69 Å². The number of amides is 2. The van der Waals surface area contributed by atoms with Crippen molar-refractivity contribution < 1.29 is 23.5 Å². The van der Waals surface area contributed by atoms with Gasteiger partial charge in [0.25, 0.3) is 5.91 Å². The predicted molar refractivity (Wildman–Crippen MR) is 104 cm³/mol. The van der Waals surface area contributed by atoms with Gasteiger partial charge < -0.3 is 15.4 Å². The van der Waals surface area contributed by atoms with Gasteiger partial charge in [-0.1, -0.05) is 29.8 Å². The highest BCUT2D eigenvalue weighted by atomic mass is 35.5. The summed E-state index contributed by atoms with van der Waals surface area (Å²) in [6.45, 7) is 4.80. The summed E-state index contributed by atoms with van der Waals surface area (Å²) in [5.41, 5.74) is 2.43. The zero-order valence-corrected chi connectivity index (χ0v) is 16.4. The minimum atomic E-state index is -1.17. The normalized spacial score (nSPS) is 11.5. The van der Waals surface area contributed by atoms with Gasteiger partial charge in [-0.2, -0.15) is 0 Å². The number of anilines is 1. The second-order valence-corrected chi connectivity index (χ2v) is 6.61. The van der Waals surface area contributed by atoms with Crippen LogP contribution in [0, 0.1) is 19.7 Å². The number of hydrogen-bond acceptors (Lipinski definition) is 4. The molecule has 0 aliphatic heterocycles. The van der Waals surface area contributed by atoms with E-state index in [9.17, 15) is 18.8 Å². The van der Waals surface area contributed by atoms with Gasteiger partial charge in [0.15, 0.2) is 6.10 Å². The van der Waals surface area contributed by atoms with Crippen LogP contribution in [-0.4, -0.2) is 30.4 Å². The lowest BCUT2D eigenvalue weighted by Gasteiger charge is -2.15. The second kappa shape index (κ2) is 9.32. The van der Waals surface area contributed by atoms with Crippen molar-refractivity contribution in [3.8, 4) is 0 Å². The van der Waals surface area contributed by atoms with Gasteiger partial charge in [-0.25, -0.2) is 9.18 Å². The van der Waals surface area contributed by atoms with Gasteiger partial charge in [0.1, 0.15) is 5.82 Å². The molecule has 0 saturated carbocycles. The Morgan fingerprint density at radius 2 is 1.79 bits per heavy atom. The van der Waals surface area contributed by atoms with Crippen LogP contribution in [0.15, 0.2) is 36.4 Å². The van der Waals surface area contributed by atoms with E-state index in [-0.39, 0.29) is 17.1 Å². The summed E-state index contributed by atoms with van der Waals surface area (Å²) < 4.78 is 18.1. The van der Waals surface area contributed by atoms with E-state index >= 15 is 0 Å². The van der Waals surface area contributed by atoms with E-state index in [2.05, 4.69) is 10.6 Å². The lowest BCUT2D eigenvalue weighted by Crippen LogP contribution is -2.40. The number of carbonyl (C=O) groups excluding carboxylic acids is 3. The van der Waals surface area contributed by atoms with Crippen LogP contribution in [0.5, 0.6) is 0 Å². The molecule has 2 aromatic carbocycles. The van der Waals surface area contributed by atoms with Gasteiger partial charge in [0.2, 0.25) is 5.91 Å². The number of rotatable bonds is 6. The van der Waals surface area contributed by atoms with Gasteiger partial charge >= 0.3 is 5.97 Å². The predicted octanol–water partition coefficient (Wildman–Crippen LogP) is 3.40. The molecule has 0 spiro atoms. The Bertz CT molecular complexity index is 897. The van der Waals surface area contributed by atoms with Crippen LogP contribution in [0.25, 0.3) is 0 Å². The average Bonchev–Trinajstić information content (AvgIpc) is 2.62. The van der Waals surface area contributed by atoms with E-state index in [0.717, 1.165) is 23.3 Å². The van der Waals surface area contributed by atoms with Crippen molar-refractivity contribution in [3.05, 3.63) is 63.9 Å². The molecule has 2 amide bonds. The van der Waals surface area contributed by atoms with E-state index in [1.807, 2.05) is 32.0 Å². The maximum absolute atomic E-state index is 13.0. The third kappa shape index (κ3) is 5.53. The molecule has 2 rings (SSSR count). The van der Waals surface area contributed by atoms with Crippen molar-refractivity contribution in [1.29, 1.82) is 0 Å². The molecule has 0 aliphatic rings. The summed E-state index contributed by atoms with van der Waals surface area (Å²) in [6.07, 6.45) is -1.17. The lowest BCUT2D eigenvalue weighted by atomic mass is 10.1. The average molecular weight is 407 g/mol. The molecule has 0 aromatic heterocycles. The van der Waals surface area contributed by atoms with E-state index in [1.165, 1.54) is 13.0 Å². The van der Waals surface area contributed by atoms with Crippen molar-refractivity contribution >= 4 is 35.1 Å². The van der Waals surface area contributed by atoms with Gasteiger partial charge in [-0.05, 0) is 50.1 Å². The van der Waals surface area contributed by atoms with Crippen molar-refractivity contribution in [1.82, 2.24) is 5.32 Å². The van der Waals surface area contributed by atoms with Gasteiger partial charge in [0.05, 0.1) is 17.1 Å². The lowest BCUT2D eigenvalue weighted by molar-refractivity contribution is -0.130. The molecular formula is C20H20ClFN2O4. The summed E-state index contributed by atoms with van der Waals surface area (Å²) in [6, 6.07) is 8.81. The van der Waals surface area contributed by atoms with Crippen LogP contribution >= 0.6 is 11.6 Å². The van der Waals surface area contributed by atoms with Crippen molar-refractivity contribution in [2.24, 2.45) is 0 Å². The van der Waals surface area contributed by atoms with Crippen molar-refractivity contribution in [3.63, 3.8) is 0 Å². The molecular weight excluding hydrogens is 387 g/mol. The summed E-state index contributed by atoms with van der Waals surface area (Å²) in [5.74, 6) is -2.52. The topological polar surface area (TPSA) is 84.5 Å². The maximum Gasteiger partial charge on any atom is 0.340 e. The van der Waals surface area contributed by atoms with Crippen LogP contribution in [0.3, 0.4) is 0 Å². The molecule has 8 heteroatoms. The number of ether oxygens (including phenoxy) is 1. The molecule has 0 bridgehead atoms. The zero-order chi connectivity index (χ0) is 20.8. The second-order valence-electron chi connectivity index (χ2n) is 6.20. The van der Waals surface area contributed by atoms with E-state index in [0.29, 0.717) is 5.69 Å². The molecule has 0 radical (unpaired) electrons. The minimum Gasteiger partial charge on any atom is -0.449 e. The summed E-state index contributed by atoms with van der Waals surface area (Å²) in [7, 11) is 0. The highest BCUT2D eigenvalue weighted by molar-refractivity contribution is 6.33. The molecule has 0 aliphatic carbocycles. The molecule has 2 aromatic rings. The van der Waals surface area contributed by atoms with Crippen molar-refractivity contribution in [2.45, 2.75) is 26.9 Å². The fraction of sp³-hybridized carbons (Fsp3) is 0.250. The molecule has 28 heavy (non-hydrogen) atoms. The molecule has 6 nitrogen and oxygen atoms in total. The first-order valence-electron chi connectivity index (χ1n) is 8.49. The first kappa shape index (κ1) is 21.4. The summed E-state index contributed by atoms with van der Waals surface area (Å²) >= 11 is 5.80. The van der Waals surface area contributed by atoms with Crippen LogP contribution in [0.4, 0.5) is 10.1 Å². The standard InChI is InChI=1S/C20H20ClFN2O4/c1-11-5-4-6-12(2)18(11)24-17(25)10-23-19(26)13(3)28-20(27)15-8-7-14(22)9-16(15)21/h4-9,13H,10H2,1-3H3,(H,23,26)(H,24,25). The number of para-hydroxylation sites is 1. The Kier molecular flexibility index (Phi) is 7.12. The highest BCUT2D eigenvalue weighted by Crippen LogP contribution is 2.20. The fourth-order valence-corrected chi connectivity index (χ4v) is 2.68. The van der Waals surface area contributed by atoms with Crippen LogP contribution in [0.2, 0.25) is 5.02 Å². The number of hydrogen-bond donors (Lipinski definition) is 2. The van der Waals surface area contributed by atoms with Crippen molar-refractivity contribution in [2.75, 3.05) is 11.9 Å². The van der Waals surface area contributed by atoms with Crippen LogP contribution < -0.4 is 10.6 Å². The third-order valence-corrected chi connectivity index (χ3v) is 4.29. The monoisotopic (exact) mass is 406 g/mol. The molecule has 2 N–H and O–H groups in total. The molecule has 0 fully saturated rings. The van der Waals surface area contributed by atoms with Crippen LogP contribution in [-0.2, 0) is 14.3 Å². The summed E-state index contributed by atoms with van der Waals surface area (Å²) in [5, 5.41) is 5.02. The van der Waals surface area contributed by atoms with Gasteiger partial charge in [-0.3, -0.25) is 9.59 Å². The Labute approximate surface area is 167 Å². The number of halogens is 2. The number of benzene rings is 2. The fourth-order valence-electron chi connectivity index (χ4n) is 2.44. The molecule has 0 saturated heterocycles. The smallest absolute Gasteiger partial charge is 0.340 e. The Balaban J connectivity index is 1.88. The molecule has 1 unspecified atom stereocenters. The number of esters is 1. The molecule has 1 atom stereocenters. The maximum atomic E-state index is 13.0. The first-order valence-corrected chi connectivity index (χ1v) is 8.86. The quantitative estimate of drug-likeness (QED) is 0.720. The first-order chi connectivity index (χ1) is 13.2. The largest absolute Gasteiger partial charge is 0.449 e. The highest BCUT2D eigenvalue weighted by Gasteiger charge is 2.21. The summed E-state index contributed by atoms with van der Waals surface area (Å²) in [4.78, 5) is 36.2. The van der Waals surface area contributed by atoms with E-state index < -0.39 is 29.7 Å². The Hall–Kier alpha value is -2.93. The number of carbonyl (C=O) groups is 3. The third-order valence-electron chi connectivity index (χ3n) is 3.97.